The van der Waals surface area contributed by atoms with Crippen LogP contribution in [0.3, 0.4) is 0 Å². The van der Waals surface area contributed by atoms with E-state index in [1.54, 1.807) is 6.07 Å². The first-order valence-electron chi connectivity index (χ1n) is 7.53. The first kappa shape index (κ1) is 15.0. The quantitative estimate of drug-likeness (QED) is 0.849. The van der Waals surface area contributed by atoms with Crippen molar-refractivity contribution < 1.29 is 18.3 Å². The number of nitrogens with one attached hydrogen (secondary N) is 2. The Balaban J connectivity index is 1.48. The van der Waals surface area contributed by atoms with Gasteiger partial charge in [0.15, 0.2) is 0 Å². The van der Waals surface area contributed by atoms with Crippen molar-refractivity contribution in [3.8, 4) is 5.88 Å². The Bertz CT molecular complexity index is 545. The van der Waals surface area contributed by atoms with E-state index >= 15 is 0 Å². The highest BCUT2D eigenvalue weighted by Gasteiger charge is 2.52. The number of hydrogen-bond acceptors (Lipinski definition) is 3. The average Bonchev–Trinajstić information content (AvgIpc) is 3.14. The van der Waals surface area contributed by atoms with E-state index < -0.39 is 6.61 Å². The molecule has 1 aromatic heterocycles. The van der Waals surface area contributed by atoms with E-state index in [1.807, 2.05) is 0 Å². The smallest absolute Gasteiger partial charge is 0.388 e. The summed E-state index contributed by atoms with van der Waals surface area (Å²) in [5.74, 6) is 0.466. The van der Waals surface area contributed by atoms with Gasteiger partial charge in [-0.2, -0.15) is 8.78 Å². The molecule has 22 heavy (non-hydrogen) atoms. The third-order valence-electron chi connectivity index (χ3n) is 4.50. The normalized spacial score (nSPS) is 19.4. The zero-order valence-electron chi connectivity index (χ0n) is 12.1. The molecule has 7 heteroatoms. The molecule has 5 nitrogen and oxygen atoms in total. The Labute approximate surface area is 127 Å². The average molecular weight is 311 g/mol. The largest absolute Gasteiger partial charge is 0.417 e. The number of alkyl halides is 2. The van der Waals surface area contributed by atoms with Crippen molar-refractivity contribution in [2.24, 2.45) is 5.92 Å². The van der Waals surface area contributed by atoms with Crippen LogP contribution >= 0.6 is 0 Å². The highest BCUT2D eigenvalue weighted by molar-refractivity contribution is 5.75. The molecule has 2 amide bonds. The van der Waals surface area contributed by atoms with Crippen molar-refractivity contribution >= 4 is 6.03 Å². The molecule has 2 fully saturated rings. The zero-order chi connectivity index (χ0) is 15.6. The van der Waals surface area contributed by atoms with Crippen molar-refractivity contribution in [1.82, 2.24) is 15.6 Å². The molecular weight excluding hydrogens is 292 g/mol. The monoisotopic (exact) mass is 311 g/mol. The van der Waals surface area contributed by atoms with E-state index in [0.717, 1.165) is 12.8 Å². The molecule has 0 aliphatic heterocycles. The molecule has 0 unspecified atom stereocenters. The van der Waals surface area contributed by atoms with Crippen LogP contribution in [0.15, 0.2) is 18.3 Å². The fraction of sp³-hybridized carbons (Fsp3) is 0.600. The minimum Gasteiger partial charge on any atom is -0.417 e. The van der Waals surface area contributed by atoms with Crippen LogP contribution in [0.25, 0.3) is 0 Å². The molecule has 3 rings (SSSR count). The molecule has 0 saturated heterocycles. The molecule has 0 atom stereocenters. The van der Waals surface area contributed by atoms with Crippen molar-refractivity contribution in [1.29, 1.82) is 0 Å². The van der Waals surface area contributed by atoms with Gasteiger partial charge < -0.3 is 15.4 Å². The minimum absolute atomic E-state index is 0.00449. The molecule has 0 radical (unpaired) electrons. The molecule has 0 spiro atoms. The summed E-state index contributed by atoms with van der Waals surface area (Å²) in [6.45, 7) is -2.66. The Morgan fingerprint density at radius 2 is 2.23 bits per heavy atom. The fourth-order valence-electron chi connectivity index (χ4n) is 2.90. The van der Waals surface area contributed by atoms with Crippen molar-refractivity contribution in [3.05, 3.63) is 23.9 Å². The van der Waals surface area contributed by atoms with E-state index in [9.17, 15) is 13.6 Å². The second-order valence-corrected chi connectivity index (χ2v) is 5.97. The van der Waals surface area contributed by atoms with Gasteiger partial charge in [0.05, 0.1) is 0 Å². The summed E-state index contributed by atoms with van der Waals surface area (Å²) in [6, 6.07) is 2.83. The lowest BCUT2D eigenvalue weighted by atomic mass is 9.78. The fourth-order valence-corrected chi connectivity index (χ4v) is 2.90. The van der Waals surface area contributed by atoms with Gasteiger partial charge in [-0.3, -0.25) is 0 Å². The zero-order valence-corrected chi connectivity index (χ0v) is 12.1. The Hall–Kier alpha value is -1.92. The third-order valence-corrected chi connectivity index (χ3v) is 4.50. The van der Waals surface area contributed by atoms with Gasteiger partial charge in [0.2, 0.25) is 5.88 Å². The second kappa shape index (κ2) is 6.06. The van der Waals surface area contributed by atoms with Crippen LogP contribution < -0.4 is 15.4 Å². The second-order valence-electron chi connectivity index (χ2n) is 5.97. The number of carbonyl (C=O) groups excluding carboxylic acids is 1. The number of aromatic nitrogens is 1. The van der Waals surface area contributed by atoms with Crippen LogP contribution in [0, 0.1) is 5.92 Å². The number of ether oxygens (including phenoxy) is 1. The number of halogens is 2. The summed E-state index contributed by atoms with van der Waals surface area (Å²) in [6.07, 6.45) is 7.11. The molecular formula is C15H19F2N3O2. The number of pyridine rings is 1. The van der Waals surface area contributed by atoms with Gasteiger partial charge in [-0.15, -0.1) is 0 Å². The lowest BCUT2D eigenvalue weighted by Crippen LogP contribution is -2.49. The number of amides is 2. The molecule has 2 aliphatic carbocycles. The SMILES string of the molecule is O=C(NCc1ccnc(OC(F)F)c1)NC1(C2CCC2)CC1. The summed E-state index contributed by atoms with van der Waals surface area (Å²) < 4.78 is 28.5. The van der Waals surface area contributed by atoms with E-state index in [1.165, 1.54) is 31.5 Å². The van der Waals surface area contributed by atoms with Gasteiger partial charge in [0.25, 0.3) is 0 Å². The standard InChI is InChI=1S/C15H19F2N3O2/c16-13(17)22-12-8-10(4-7-18-12)9-19-14(21)20-15(5-6-15)11-2-1-3-11/h4,7-8,11,13H,1-3,5-6,9H2,(H2,19,20,21). The maximum absolute atomic E-state index is 12.1. The molecule has 2 saturated carbocycles. The van der Waals surface area contributed by atoms with Crippen molar-refractivity contribution in [3.63, 3.8) is 0 Å². The van der Waals surface area contributed by atoms with Gasteiger partial charge in [-0.1, -0.05) is 6.42 Å². The molecule has 1 heterocycles. The third kappa shape index (κ3) is 3.45. The predicted molar refractivity (Wildman–Crippen MR) is 75.5 cm³/mol. The molecule has 0 aromatic carbocycles. The first-order valence-corrected chi connectivity index (χ1v) is 7.53. The maximum Gasteiger partial charge on any atom is 0.388 e. The summed E-state index contributed by atoms with van der Waals surface area (Å²) in [7, 11) is 0. The molecule has 2 N–H and O–H groups in total. The number of nitrogens with zero attached hydrogens (tertiary/aromatic N) is 1. The maximum atomic E-state index is 12.1. The number of rotatable bonds is 6. The van der Waals surface area contributed by atoms with Gasteiger partial charge in [-0.05, 0) is 43.2 Å². The summed E-state index contributed by atoms with van der Waals surface area (Å²) in [4.78, 5) is 15.7. The lowest BCUT2D eigenvalue weighted by molar-refractivity contribution is -0.0529. The topological polar surface area (TPSA) is 63.2 Å². The number of hydrogen-bond donors (Lipinski definition) is 2. The number of urea groups is 1. The van der Waals surface area contributed by atoms with E-state index in [4.69, 9.17) is 0 Å². The Kier molecular flexibility index (Phi) is 4.13. The number of carbonyl (C=O) groups is 1. The lowest BCUT2D eigenvalue weighted by Gasteiger charge is -2.34. The van der Waals surface area contributed by atoms with E-state index in [0.29, 0.717) is 11.5 Å². The first-order chi connectivity index (χ1) is 10.6. The molecule has 0 bridgehead atoms. The van der Waals surface area contributed by atoms with E-state index in [-0.39, 0.29) is 24.0 Å². The highest BCUT2D eigenvalue weighted by atomic mass is 19.3. The van der Waals surface area contributed by atoms with E-state index in [2.05, 4.69) is 20.4 Å². The van der Waals surface area contributed by atoms with Crippen LogP contribution in [0.4, 0.5) is 13.6 Å². The molecule has 1 aromatic rings. The highest BCUT2D eigenvalue weighted by Crippen LogP contribution is 2.50. The van der Waals surface area contributed by atoms with Crippen molar-refractivity contribution in [2.75, 3.05) is 0 Å². The summed E-state index contributed by atoms with van der Waals surface area (Å²) >= 11 is 0. The minimum atomic E-state index is -2.91. The molecule has 120 valence electrons. The van der Waals surface area contributed by atoms with Crippen LogP contribution in [0.2, 0.25) is 0 Å². The summed E-state index contributed by atoms with van der Waals surface area (Å²) in [5, 5.41) is 5.83. The van der Waals surface area contributed by atoms with Crippen LogP contribution in [0.5, 0.6) is 5.88 Å². The van der Waals surface area contributed by atoms with Crippen LogP contribution in [-0.2, 0) is 6.54 Å². The van der Waals surface area contributed by atoms with Gasteiger partial charge in [0.1, 0.15) is 0 Å². The summed E-state index contributed by atoms with van der Waals surface area (Å²) in [5.41, 5.74) is 0.666. The van der Waals surface area contributed by atoms with Crippen molar-refractivity contribution in [2.45, 2.75) is 50.8 Å². The Morgan fingerprint density at radius 1 is 1.45 bits per heavy atom. The van der Waals surface area contributed by atoms with Gasteiger partial charge >= 0.3 is 12.6 Å². The Morgan fingerprint density at radius 3 is 2.82 bits per heavy atom. The molecule has 2 aliphatic rings. The van der Waals surface area contributed by atoms with Crippen LogP contribution in [0.1, 0.15) is 37.7 Å². The van der Waals surface area contributed by atoms with Crippen LogP contribution in [-0.4, -0.2) is 23.2 Å². The predicted octanol–water partition coefficient (Wildman–Crippen LogP) is 2.81. The van der Waals surface area contributed by atoms with Gasteiger partial charge in [0, 0.05) is 24.3 Å². The van der Waals surface area contributed by atoms with Gasteiger partial charge in [-0.25, -0.2) is 9.78 Å².